The predicted octanol–water partition coefficient (Wildman–Crippen LogP) is 3.64. The molecule has 3 N–H and O–H groups in total. The number of nitrogen functional groups attached to an aromatic ring is 1. The molecule has 5 heteroatoms. The standard InChI is InChI=1S/C11H8BrN3S/c12-7-3-1-2-6-4-9(16-11(6)7)10-8(13)5-14-15-10/h1-5H,13H2,(H,14,15). The van der Waals surface area contributed by atoms with Crippen LogP contribution in [-0.4, -0.2) is 10.2 Å². The van der Waals surface area contributed by atoms with E-state index in [1.165, 1.54) is 10.1 Å². The van der Waals surface area contributed by atoms with Crippen LogP contribution in [0.4, 0.5) is 5.69 Å². The lowest BCUT2D eigenvalue weighted by atomic mass is 10.2. The summed E-state index contributed by atoms with van der Waals surface area (Å²) < 4.78 is 2.34. The number of benzene rings is 1. The van der Waals surface area contributed by atoms with Gasteiger partial charge in [0.25, 0.3) is 0 Å². The molecule has 2 aromatic heterocycles. The molecule has 2 heterocycles. The number of fused-ring (bicyclic) bond motifs is 1. The zero-order valence-corrected chi connectivity index (χ0v) is 10.6. The normalized spacial score (nSPS) is 11.1. The van der Waals surface area contributed by atoms with Gasteiger partial charge in [0.15, 0.2) is 0 Å². The number of hydrogen-bond acceptors (Lipinski definition) is 3. The van der Waals surface area contributed by atoms with E-state index in [1.54, 1.807) is 17.5 Å². The Kier molecular flexibility index (Phi) is 2.22. The van der Waals surface area contributed by atoms with Gasteiger partial charge >= 0.3 is 0 Å². The minimum absolute atomic E-state index is 0.683. The molecule has 0 radical (unpaired) electrons. The lowest BCUT2D eigenvalue weighted by molar-refractivity contribution is 1.10. The van der Waals surface area contributed by atoms with Crippen LogP contribution in [0.1, 0.15) is 0 Å². The van der Waals surface area contributed by atoms with Crippen LogP contribution in [0.15, 0.2) is 34.9 Å². The summed E-state index contributed by atoms with van der Waals surface area (Å²) in [6.45, 7) is 0. The highest BCUT2D eigenvalue weighted by Gasteiger charge is 2.10. The number of halogens is 1. The third kappa shape index (κ3) is 1.44. The van der Waals surface area contributed by atoms with Crippen LogP contribution in [-0.2, 0) is 0 Å². The number of rotatable bonds is 1. The highest BCUT2D eigenvalue weighted by Crippen LogP contribution is 2.38. The molecule has 16 heavy (non-hydrogen) atoms. The van der Waals surface area contributed by atoms with Crippen LogP contribution in [0, 0.1) is 0 Å². The van der Waals surface area contributed by atoms with Gasteiger partial charge in [-0.25, -0.2) is 0 Å². The van der Waals surface area contributed by atoms with Gasteiger partial charge in [0, 0.05) is 9.17 Å². The van der Waals surface area contributed by atoms with Crippen LogP contribution in [0.2, 0.25) is 0 Å². The highest BCUT2D eigenvalue weighted by atomic mass is 79.9. The zero-order valence-electron chi connectivity index (χ0n) is 8.20. The lowest BCUT2D eigenvalue weighted by Gasteiger charge is -1.92. The van der Waals surface area contributed by atoms with Crippen molar-refractivity contribution in [2.45, 2.75) is 0 Å². The fourth-order valence-corrected chi connectivity index (χ4v) is 3.35. The number of aromatic nitrogens is 2. The van der Waals surface area contributed by atoms with Crippen molar-refractivity contribution in [2.75, 3.05) is 5.73 Å². The molecule has 0 unspecified atom stereocenters. The Balaban J connectivity index is 2.27. The number of thiophene rings is 1. The summed E-state index contributed by atoms with van der Waals surface area (Å²) in [4.78, 5) is 1.11. The molecule has 0 fully saturated rings. The van der Waals surface area contributed by atoms with E-state index in [0.717, 1.165) is 15.0 Å². The van der Waals surface area contributed by atoms with Gasteiger partial charge in [0.05, 0.1) is 22.5 Å². The van der Waals surface area contributed by atoms with E-state index in [2.05, 4.69) is 38.3 Å². The lowest BCUT2D eigenvalue weighted by Crippen LogP contribution is -1.83. The van der Waals surface area contributed by atoms with E-state index >= 15 is 0 Å². The molecule has 80 valence electrons. The fourth-order valence-electron chi connectivity index (χ4n) is 1.64. The van der Waals surface area contributed by atoms with E-state index in [0.29, 0.717) is 5.69 Å². The first-order valence-corrected chi connectivity index (χ1v) is 6.34. The number of nitrogens with zero attached hydrogens (tertiary/aromatic N) is 1. The van der Waals surface area contributed by atoms with Crippen molar-refractivity contribution in [1.29, 1.82) is 0 Å². The molecule has 0 aliphatic heterocycles. The first-order chi connectivity index (χ1) is 7.75. The van der Waals surface area contributed by atoms with Crippen LogP contribution >= 0.6 is 27.3 Å². The maximum absolute atomic E-state index is 5.83. The van der Waals surface area contributed by atoms with Crippen LogP contribution in [0.25, 0.3) is 20.7 Å². The summed E-state index contributed by atoms with van der Waals surface area (Å²) in [5.41, 5.74) is 7.41. The van der Waals surface area contributed by atoms with Gasteiger partial charge in [-0.1, -0.05) is 12.1 Å². The topological polar surface area (TPSA) is 54.7 Å². The van der Waals surface area contributed by atoms with E-state index in [4.69, 9.17) is 5.73 Å². The largest absolute Gasteiger partial charge is 0.396 e. The molecule has 0 bridgehead atoms. The van der Waals surface area contributed by atoms with Crippen molar-refractivity contribution < 1.29 is 0 Å². The SMILES string of the molecule is Nc1cn[nH]c1-c1cc2cccc(Br)c2s1. The van der Waals surface area contributed by atoms with Crippen molar-refractivity contribution in [2.24, 2.45) is 0 Å². The molecular formula is C11H8BrN3S. The smallest absolute Gasteiger partial charge is 0.0980 e. The number of H-pyrrole nitrogens is 1. The average Bonchev–Trinajstić information content (AvgIpc) is 2.84. The second-order valence-electron chi connectivity index (χ2n) is 3.47. The Morgan fingerprint density at radius 3 is 2.94 bits per heavy atom. The fraction of sp³-hybridized carbons (Fsp3) is 0. The molecular weight excluding hydrogens is 286 g/mol. The summed E-state index contributed by atoms with van der Waals surface area (Å²) in [5, 5.41) is 8.07. The van der Waals surface area contributed by atoms with E-state index in [9.17, 15) is 0 Å². The summed E-state index contributed by atoms with van der Waals surface area (Å²) >= 11 is 5.24. The van der Waals surface area contributed by atoms with Gasteiger partial charge < -0.3 is 5.73 Å². The number of aromatic amines is 1. The summed E-state index contributed by atoms with van der Waals surface area (Å²) in [5.74, 6) is 0. The van der Waals surface area contributed by atoms with E-state index in [-0.39, 0.29) is 0 Å². The van der Waals surface area contributed by atoms with Crippen LogP contribution in [0.3, 0.4) is 0 Å². The molecule has 0 aliphatic carbocycles. The van der Waals surface area contributed by atoms with Crippen molar-refractivity contribution >= 4 is 43.0 Å². The number of nitrogens with one attached hydrogen (secondary N) is 1. The maximum Gasteiger partial charge on any atom is 0.0980 e. The quantitative estimate of drug-likeness (QED) is 0.720. The Bertz CT molecular complexity index is 656. The minimum atomic E-state index is 0.683. The third-order valence-corrected chi connectivity index (χ3v) is 4.54. The van der Waals surface area contributed by atoms with Crippen molar-refractivity contribution in [3.8, 4) is 10.6 Å². The van der Waals surface area contributed by atoms with E-state index < -0.39 is 0 Å². The summed E-state index contributed by atoms with van der Waals surface area (Å²) in [6.07, 6.45) is 1.63. The van der Waals surface area contributed by atoms with Crippen molar-refractivity contribution in [1.82, 2.24) is 10.2 Å². The van der Waals surface area contributed by atoms with Gasteiger partial charge in [-0.15, -0.1) is 11.3 Å². The molecule has 0 spiro atoms. The monoisotopic (exact) mass is 293 g/mol. The van der Waals surface area contributed by atoms with Gasteiger partial charge in [-0.3, -0.25) is 5.10 Å². The molecule has 1 aromatic carbocycles. The molecule has 3 aromatic rings. The Morgan fingerprint density at radius 2 is 2.25 bits per heavy atom. The maximum atomic E-state index is 5.83. The molecule has 0 saturated carbocycles. The third-order valence-electron chi connectivity index (χ3n) is 2.41. The van der Waals surface area contributed by atoms with Crippen LogP contribution < -0.4 is 5.73 Å². The van der Waals surface area contributed by atoms with Gasteiger partial charge in [-0.05, 0) is 33.4 Å². The zero-order chi connectivity index (χ0) is 11.1. The van der Waals surface area contributed by atoms with E-state index in [1.807, 2.05) is 12.1 Å². The summed E-state index contributed by atoms with van der Waals surface area (Å²) in [6, 6.07) is 8.28. The second-order valence-corrected chi connectivity index (χ2v) is 5.38. The van der Waals surface area contributed by atoms with Gasteiger partial charge in [-0.2, -0.15) is 5.10 Å². The second kappa shape index (κ2) is 3.61. The molecule has 0 amide bonds. The van der Waals surface area contributed by atoms with Crippen molar-refractivity contribution in [3.63, 3.8) is 0 Å². The van der Waals surface area contributed by atoms with Gasteiger partial charge in [0.2, 0.25) is 0 Å². The molecule has 3 rings (SSSR count). The first kappa shape index (κ1) is 9.86. The Hall–Kier alpha value is -1.33. The molecule has 3 nitrogen and oxygen atoms in total. The number of nitrogens with two attached hydrogens (primary N) is 1. The highest BCUT2D eigenvalue weighted by molar-refractivity contribution is 9.10. The van der Waals surface area contributed by atoms with Gasteiger partial charge in [0.1, 0.15) is 0 Å². The van der Waals surface area contributed by atoms with Crippen LogP contribution in [0.5, 0.6) is 0 Å². The summed E-state index contributed by atoms with van der Waals surface area (Å²) in [7, 11) is 0. The van der Waals surface area contributed by atoms with Crippen molar-refractivity contribution in [3.05, 3.63) is 34.9 Å². The predicted molar refractivity (Wildman–Crippen MR) is 71.5 cm³/mol. The molecule has 0 saturated heterocycles. The molecule has 0 aliphatic rings. The number of anilines is 1. The first-order valence-electron chi connectivity index (χ1n) is 4.73. The average molecular weight is 294 g/mol. The Morgan fingerprint density at radius 1 is 1.38 bits per heavy atom. The number of hydrogen-bond donors (Lipinski definition) is 2. The minimum Gasteiger partial charge on any atom is -0.396 e. The molecule has 0 atom stereocenters. The Labute approximate surface area is 104 Å².